The number of aliphatic hydroxyl groups is 1. The molecule has 31 heavy (non-hydrogen) atoms. The number of nitrogens with one attached hydrogen (secondary N) is 1. The summed E-state index contributed by atoms with van der Waals surface area (Å²) >= 11 is 0. The molecule has 0 saturated heterocycles. The highest BCUT2D eigenvalue weighted by molar-refractivity contribution is 5.92. The first kappa shape index (κ1) is 24.3. The van der Waals surface area contributed by atoms with E-state index in [1.807, 2.05) is 0 Å². The fourth-order valence-corrected chi connectivity index (χ4v) is 3.10. The van der Waals surface area contributed by atoms with Crippen LogP contribution < -0.4 is 5.32 Å². The molecule has 1 aromatic heterocycles. The lowest BCUT2D eigenvalue weighted by molar-refractivity contribution is -0.143. The van der Waals surface area contributed by atoms with Crippen LogP contribution in [0.3, 0.4) is 0 Å². The van der Waals surface area contributed by atoms with Crippen molar-refractivity contribution in [3.63, 3.8) is 0 Å². The van der Waals surface area contributed by atoms with Gasteiger partial charge in [-0.3, -0.25) is 14.6 Å². The fourth-order valence-electron chi connectivity index (χ4n) is 3.10. The van der Waals surface area contributed by atoms with Crippen molar-refractivity contribution in [1.82, 2.24) is 10.3 Å². The van der Waals surface area contributed by atoms with Crippen LogP contribution in [0.1, 0.15) is 60.3 Å². The van der Waals surface area contributed by atoms with Gasteiger partial charge in [-0.1, -0.05) is 19.9 Å². The molecule has 0 spiro atoms. The van der Waals surface area contributed by atoms with E-state index in [1.54, 1.807) is 20.8 Å². The molecule has 2 aromatic rings. The maximum Gasteiger partial charge on any atom is 0.416 e. The predicted molar refractivity (Wildman–Crippen MR) is 108 cm³/mol. The van der Waals surface area contributed by atoms with E-state index in [9.17, 15) is 27.9 Å². The lowest BCUT2D eigenvalue weighted by atomic mass is 9.88. The van der Waals surface area contributed by atoms with Crippen molar-refractivity contribution < 1.29 is 32.6 Å². The summed E-state index contributed by atoms with van der Waals surface area (Å²) in [5.74, 6) is -1.20. The highest BCUT2D eigenvalue weighted by atomic mass is 19.4. The molecule has 0 saturated carbocycles. The number of alkyl halides is 3. The van der Waals surface area contributed by atoms with Crippen LogP contribution >= 0.6 is 0 Å². The Kier molecular flexibility index (Phi) is 8.15. The zero-order valence-electron chi connectivity index (χ0n) is 17.5. The predicted octanol–water partition coefficient (Wildman–Crippen LogP) is 4.07. The van der Waals surface area contributed by atoms with Gasteiger partial charge in [-0.25, -0.2) is 0 Å². The first-order chi connectivity index (χ1) is 14.6. The molecule has 1 amide bonds. The topological polar surface area (TPSA) is 88.5 Å². The fraction of sp³-hybridized carbons (Fsp3) is 0.409. The average Bonchev–Trinajstić information content (AvgIpc) is 2.72. The molecule has 0 atom stereocenters. The number of amides is 1. The molecule has 0 aliphatic heterocycles. The normalized spacial score (nSPS) is 11.5. The Bertz CT molecular complexity index is 926. The number of hydrogen-bond acceptors (Lipinski definition) is 5. The van der Waals surface area contributed by atoms with Crippen LogP contribution in [-0.2, 0) is 22.3 Å². The highest BCUT2D eigenvalue weighted by Crippen LogP contribution is 2.38. The maximum absolute atomic E-state index is 13.4. The summed E-state index contributed by atoms with van der Waals surface area (Å²) in [6.07, 6.45) is -3.24. The minimum atomic E-state index is -4.54. The number of aromatic nitrogens is 1. The Balaban J connectivity index is 2.30. The summed E-state index contributed by atoms with van der Waals surface area (Å²) in [7, 11) is 0. The van der Waals surface area contributed by atoms with Gasteiger partial charge in [0.1, 0.15) is 5.69 Å². The molecular weight excluding hydrogens is 413 g/mol. The van der Waals surface area contributed by atoms with Gasteiger partial charge >= 0.3 is 12.1 Å². The van der Waals surface area contributed by atoms with Gasteiger partial charge in [-0.15, -0.1) is 0 Å². The third kappa shape index (κ3) is 6.27. The summed E-state index contributed by atoms with van der Waals surface area (Å²) in [4.78, 5) is 27.5. The molecule has 0 radical (unpaired) electrons. The number of pyridine rings is 1. The number of carbonyl (C=O) groups excluding carboxylic acids is 2. The molecule has 0 unspecified atom stereocenters. The van der Waals surface area contributed by atoms with Crippen molar-refractivity contribution in [1.29, 1.82) is 0 Å². The molecule has 9 heteroatoms. The number of carbonyl (C=O) groups is 2. The van der Waals surface area contributed by atoms with Gasteiger partial charge in [-0.05, 0) is 47.7 Å². The van der Waals surface area contributed by atoms with Crippen LogP contribution in [0.5, 0.6) is 0 Å². The molecule has 2 N–H and O–H groups in total. The van der Waals surface area contributed by atoms with Crippen LogP contribution in [0.15, 0.2) is 30.5 Å². The van der Waals surface area contributed by atoms with Crippen LogP contribution in [0.4, 0.5) is 13.2 Å². The number of ether oxygens (including phenoxy) is 1. The van der Waals surface area contributed by atoms with Gasteiger partial charge in [0, 0.05) is 18.3 Å². The van der Waals surface area contributed by atoms with Crippen molar-refractivity contribution in [3.05, 3.63) is 52.8 Å². The zero-order valence-corrected chi connectivity index (χ0v) is 17.5. The quantitative estimate of drug-likeness (QED) is 0.607. The second kappa shape index (κ2) is 10.4. The Morgan fingerprint density at radius 1 is 1.23 bits per heavy atom. The van der Waals surface area contributed by atoms with Gasteiger partial charge in [0.05, 0.1) is 25.2 Å². The van der Waals surface area contributed by atoms with Crippen LogP contribution in [0.25, 0.3) is 11.1 Å². The Morgan fingerprint density at radius 3 is 2.45 bits per heavy atom. The lowest BCUT2D eigenvalue weighted by Gasteiger charge is -2.19. The van der Waals surface area contributed by atoms with Crippen molar-refractivity contribution in [2.24, 2.45) is 0 Å². The largest absolute Gasteiger partial charge is 0.466 e. The third-order valence-electron chi connectivity index (χ3n) is 4.62. The van der Waals surface area contributed by atoms with E-state index in [4.69, 9.17) is 4.74 Å². The lowest BCUT2D eigenvalue weighted by Crippen LogP contribution is -2.27. The molecule has 2 rings (SSSR count). The minimum Gasteiger partial charge on any atom is -0.466 e. The Morgan fingerprint density at radius 2 is 1.94 bits per heavy atom. The first-order valence-electron chi connectivity index (χ1n) is 9.83. The highest BCUT2D eigenvalue weighted by Gasteiger charge is 2.32. The number of nitrogens with zero attached hydrogens (tertiary/aromatic N) is 1. The number of esters is 1. The SMILES string of the molecule is CCOC(=O)CCNC(=O)c1ccc(-c2cc(C(F)(F)F)cc(C(C)C)c2CO)cn1. The summed E-state index contributed by atoms with van der Waals surface area (Å²) in [5, 5.41) is 12.4. The van der Waals surface area contributed by atoms with Gasteiger partial charge in [0.2, 0.25) is 0 Å². The van der Waals surface area contributed by atoms with Gasteiger partial charge in [0.15, 0.2) is 0 Å². The van der Waals surface area contributed by atoms with E-state index in [0.717, 1.165) is 12.1 Å². The van der Waals surface area contributed by atoms with E-state index in [-0.39, 0.29) is 36.7 Å². The number of rotatable bonds is 8. The summed E-state index contributed by atoms with van der Waals surface area (Å²) in [6.45, 7) is 5.07. The molecule has 0 aliphatic rings. The first-order valence-corrected chi connectivity index (χ1v) is 9.83. The van der Waals surface area contributed by atoms with Crippen LogP contribution in [-0.4, -0.2) is 35.1 Å². The molecule has 6 nitrogen and oxygen atoms in total. The molecule has 1 aromatic carbocycles. The Hall–Kier alpha value is -2.94. The van der Waals surface area contributed by atoms with Crippen molar-refractivity contribution in [3.8, 4) is 11.1 Å². The van der Waals surface area contributed by atoms with E-state index in [2.05, 4.69) is 10.3 Å². The monoisotopic (exact) mass is 438 g/mol. The molecule has 0 aliphatic carbocycles. The second-order valence-electron chi connectivity index (χ2n) is 7.15. The number of halogens is 3. The molecular formula is C22H25F3N2O4. The molecule has 1 heterocycles. The summed E-state index contributed by atoms with van der Waals surface area (Å²) in [5.41, 5.74) is 0.575. The minimum absolute atomic E-state index is 0.0136. The smallest absolute Gasteiger partial charge is 0.416 e. The standard InChI is InChI=1S/C22H25F3N2O4/c1-4-31-20(29)7-8-26-21(30)19-6-5-14(11-27-19)17-10-15(22(23,24)25)9-16(13(2)3)18(17)12-28/h5-6,9-11,13,28H,4,7-8,12H2,1-3H3,(H,26,30). The molecule has 0 fully saturated rings. The van der Waals surface area contributed by atoms with Crippen LogP contribution in [0, 0.1) is 0 Å². The average molecular weight is 438 g/mol. The Labute approximate surface area is 178 Å². The third-order valence-corrected chi connectivity index (χ3v) is 4.62. The van der Waals surface area contributed by atoms with E-state index in [0.29, 0.717) is 16.7 Å². The molecule has 168 valence electrons. The number of aliphatic hydroxyl groups excluding tert-OH is 1. The van der Waals surface area contributed by atoms with E-state index in [1.165, 1.54) is 18.3 Å². The molecule has 0 bridgehead atoms. The van der Waals surface area contributed by atoms with Crippen molar-refractivity contribution in [2.75, 3.05) is 13.2 Å². The second-order valence-corrected chi connectivity index (χ2v) is 7.15. The van der Waals surface area contributed by atoms with Crippen molar-refractivity contribution in [2.45, 2.75) is 45.9 Å². The van der Waals surface area contributed by atoms with Gasteiger partial charge in [0.25, 0.3) is 5.91 Å². The van der Waals surface area contributed by atoms with Gasteiger partial charge < -0.3 is 15.2 Å². The van der Waals surface area contributed by atoms with Crippen LogP contribution in [0.2, 0.25) is 0 Å². The van der Waals surface area contributed by atoms with E-state index >= 15 is 0 Å². The van der Waals surface area contributed by atoms with Crippen molar-refractivity contribution >= 4 is 11.9 Å². The summed E-state index contributed by atoms with van der Waals surface area (Å²) in [6, 6.07) is 4.89. The van der Waals surface area contributed by atoms with Gasteiger partial charge in [-0.2, -0.15) is 13.2 Å². The maximum atomic E-state index is 13.4. The number of hydrogen-bond donors (Lipinski definition) is 2. The van der Waals surface area contributed by atoms with E-state index < -0.39 is 30.2 Å². The summed E-state index contributed by atoms with van der Waals surface area (Å²) < 4.78 is 44.9. The number of benzene rings is 1. The zero-order chi connectivity index (χ0) is 23.2.